The number of halogens is 1. The lowest BCUT2D eigenvalue weighted by Gasteiger charge is -2.21. The van der Waals surface area contributed by atoms with Crippen molar-refractivity contribution in [3.63, 3.8) is 0 Å². The summed E-state index contributed by atoms with van der Waals surface area (Å²) in [5.41, 5.74) is 1.14. The van der Waals surface area contributed by atoms with Crippen LogP contribution in [0.15, 0.2) is 30.9 Å². The first-order valence-electron chi connectivity index (χ1n) is 5.75. The Morgan fingerprint density at radius 3 is 2.83 bits per heavy atom. The standard InChI is InChI=1S/C14H18FNO2/c1-4-7-16(8-9-18-3)14(17)13-6-5-12(15)10-11(13)2/h4-6,10H,1,7-9H2,2-3H3. The van der Waals surface area contributed by atoms with Gasteiger partial charge in [0.2, 0.25) is 0 Å². The normalized spacial score (nSPS) is 10.2. The van der Waals surface area contributed by atoms with E-state index in [-0.39, 0.29) is 11.7 Å². The van der Waals surface area contributed by atoms with Gasteiger partial charge in [0.15, 0.2) is 0 Å². The van der Waals surface area contributed by atoms with Crippen molar-refractivity contribution in [1.82, 2.24) is 4.90 Å². The van der Waals surface area contributed by atoms with Crippen LogP contribution in [0.4, 0.5) is 4.39 Å². The van der Waals surface area contributed by atoms with Gasteiger partial charge >= 0.3 is 0 Å². The predicted molar refractivity (Wildman–Crippen MR) is 69.1 cm³/mol. The maximum Gasteiger partial charge on any atom is 0.254 e. The molecule has 0 radical (unpaired) electrons. The summed E-state index contributed by atoms with van der Waals surface area (Å²) in [6, 6.07) is 4.16. The fourth-order valence-electron chi connectivity index (χ4n) is 1.67. The largest absolute Gasteiger partial charge is 0.383 e. The molecule has 1 aromatic rings. The number of rotatable bonds is 6. The lowest BCUT2D eigenvalue weighted by molar-refractivity contribution is 0.0717. The minimum Gasteiger partial charge on any atom is -0.383 e. The summed E-state index contributed by atoms with van der Waals surface area (Å²) in [7, 11) is 1.58. The van der Waals surface area contributed by atoms with Crippen LogP contribution in [0.1, 0.15) is 15.9 Å². The first-order valence-corrected chi connectivity index (χ1v) is 5.75. The van der Waals surface area contributed by atoms with E-state index < -0.39 is 0 Å². The Labute approximate surface area is 107 Å². The van der Waals surface area contributed by atoms with E-state index in [1.165, 1.54) is 18.2 Å². The maximum absolute atomic E-state index is 13.0. The summed E-state index contributed by atoms with van der Waals surface area (Å²) >= 11 is 0. The van der Waals surface area contributed by atoms with Crippen molar-refractivity contribution in [3.05, 3.63) is 47.8 Å². The van der Waals surface area contributed by atoms with Crippen molar-refractivity contribution in [2.24, 2.45) is 0 Å². The zero-order chi connectivity index (χ0) is 13.5. The summed E-state index contributed by atoms with van der Waals surface area (Å²) in [6.45, 7) is 6.73. The lowest BCUT2D eigenvalue weighted by atomic mass is 10.1. The van der Waals surface area contributed by atoms with Crippen molar-refractivity contribution in [2.75, 3.05) is 26.8 Å². The fourth-order valence-corrected chi connectivity index (χ4v) is 1.67. The summed E-state index contributed by atoms with van der Waals surface area (Å²) in [5.74, 6) is -0.472. The second kappa shape index (κ2) is 6.91. The SMILES string of the molecule is C=CCN(CCOC)C(=O)c1ccc(F)cc1C. The number of nitrogens with zero attached hydrogens (tertiary/aromatic N) is 1. The highest BCUT2D eigenvalue weighted by Gasteiger charge is 2.16. The van der Waals surface area contributed by atoms with Gasteiger partial charge in [-0.1, -0.05) is 6.08 Å². The van der Waals surface area contributed by atoms with Gasteiger partial charge in [-0.15, -0.1) is 6.58 Å². The molecule has 0 fully saturated rings. The minimum atomic E-state index is -0.337. The molecule has 0 bridgehead atoms. The maximum atomic E-state index is 13.0. The second-order valence-electron chi connectivity index (χ2n) is 3.99. The smallest absolute Gasteiger partial charge is 0.254 e. The van der Waals surface area contributed by atoms with E-state index >= 15 is 0 Å². The fraction of sp³-hybridized carbons (Fsp3) is 0.357. The third-order valence-corrected chi connectivity index (χ3v) is 2.62. The molecule has 1 aromatic carbocycles. The van der Waals surface area contributed by atoms with E-state index in [1.807, 2.05) is 0 Å². The molecule has 0 aliphatic carbocycles. The second-order valence-corrected chi connectivity index (χ2v) is 3.99. The summed E-state index contributed by atoms with van der Waals surface area (Å²) in [4.78, 5) is 13.9. The van der Waals surface area contributed by atoms with Crippen LogP contribution >= 0.6 is 0 Å². The zero-order valence-electron chi connectivity index (χ0n) is 10.8. The van der Waals surface area contributed by atoms with E-state index in [1.54, 1.807) is 25.0 Å². The van der Waals surface area contributed by atoms with Crippen molar-refractivity contribution < 1.29 is 13.9 Å². The van der Waals surface area contributed by atoms with Crippen molar-refractivity contribution in [1.29, 1.82) is 0 Å². The summed E-state index contributed by atoms with van der Waals surface area (Å²) < 4.78 is 18.0. The average molecular weight is 251 g/mol. The highest BCUT2D eigenvalue weighted by atomic mass is 19.1. The lowest BCUT2D eigenvalue weighted by Crippen LogP contribution is -2.34. The van der Waals surface area contributed by atoms with Crippen LogP contribution in [0.5, 0.6) is 0 Å². The van der Waals surface area contributed by atoms with Crippen LogP contribution in [0.2, 0.25) is 0 Å². The number of aryl methyl sites for hydroxylation is 1. The van der Waals surface area contributed by atoms with Gasteiger partial charge in [-0.05, 0) is 30.7 Å². The number of benzene rings is 1. The highest BCUT2D eigenvalue weighted by Crippen LogP contribution is 2.13. The third kappa shape index (κ3) is 3.67. The van der Waals surface area contributed by atoms with Gasteiger partial charge in [-0.25, -0.2) is 4.39 Å². The van der Waals surface area contributed by atoms with Crippen LogP contribution < -0.4 is 0 Å². The Morgan fingerprint density at radius 1 is 1.56 bits per heavy atom. The molecule has 1 amide bonds. The first kappa shape index (κ1) is 14.4. The molecule has 0 aliphatic heterocycles. The molecule has 1 rings (SSSR count). The number of carbonyl (C=O) groups is 1. The Morgan fingerprint density at radius 2 is 2.28 bits per heavy atom. The molecule has 0 aliphatic rings. The van der Waals surface area contributed by atoms with Gasteiger partial charge in [-0.3, -0.25) is 4.79 Å². The summed E-state index contributed by atoms with van der Waals surface area (Å²) in [5, 5.41) is 0. The number of hydrogen-bond donors (Lipinski definition) is 0. The number of methoxy groups -OCH3 is 1. The molecule has 0 atom stereocenters. The molecule has 0 aromatic heterocycles. The molecule has 0 N–H and O–H groups in total. The van der Waals surface area contributed by atoms with Gasteiger partial charge in [0, 0.05) is 25.8 Å². The Hall–Kier alpha value is -1.68. The third-order valence-electron chi connectivity index (χ3n) is 2.62. The minimum absolute atomic E-state index is 0.135. The molecule has 0 saturated heterocycles. The molecule has 98 valence electrons. The molecular formula is C14H18FNO2. The molecule has 3 nitrogen and oxygen atoms in total. The van der Waals surface area contributed by atoms with Crippen LogP contribution in [0.3, 0.4) is 0 Å². The topological polar surface area (TPSA) is 29.5 Å². The predicted octanol–water partition coefficient (Wildman–Crippen LogP) is 2.41. The average Bonchev–Trinajstić information content (AvgIpc) is 2.33. The van der Waals surface area contributed by atoms with Crippen LogP contribution in [0.25, 0.3) is 0 Å². The Balaban J connectivity index is 2.90. The number of amides is 1. The van der Waals surface area contributed by atoms with E-state index in [2.05, 4.69) is 6.58 Å². The molecule has 0 unspecified atom stereocenters. The van der Waals surface area contributed by atoms with Gasteiger partial charge < -0.3 is 9.64 Å². The highest BCUT2D eigenvalue weighted by molar-refractivity contribution is 5.95. The van der Waals surface area contributed by atoms with Crippen molar-refractivity contribution in [2.45, 2.75) is 6.92 Å². The zero-order valence-corrected chi connectivity index (χ0v) is 10.8. The Kier molecular flexibility index (Phi) is 5.52. The first-order chi connectivity index (χ1) is 8.60. The quantitative estimate of drug-likeness (QED) is 0.727. The van der Waals surface area contributed by atoms with Gasteiger partial charge in [0.1, 0.15) is 5.82 Å². The molecule has 0 spiro atoms. The van der Waals surface area contributed by atoms with Crippen molar-refractivity contribution >= 4 is 5.91 Å². The number of carbonyl (C=O) groups excluding carboxylic acids is 1. The van der Waals surface area contributed by atoms with Gasteiger partial charge in [0.25, 0.3) is 5.91 Å². The molecule has 0 saturated carbocycles. The van der Waals surface area contributed by atoms with Crippen LogP contribution in [-0.2, 0) is 4.74 Å². The van der Waals surface area contributed by atoms with Crippen LogP contribution in [0, 0.1) is 12.7 Å². The molecule has 4 heteroatoms. The van der Waals surface area contributed by atoms with E-state index in [9.17, 15) is 9.18 Å². The molecule has 18 heavy (non-hydrogen) atoms. The Bertz CT molecular complexity index is 432. The molecule has 0 heterocycles. The monoisotopic (exact) mass is 251 g/mol. The van der Waals surface area contributed by atoms with E-state index in [4.69, 9.17) is 4.74 Å². The molecular weight excluding hydrogens is 233 g/mol. The van der Waals surface area contributed by atoms with Gasteiger partial charge in [-0.2, -0.15) is 0 Å². The van der Waals surface area contributed by atoms with E-state index in [0.717, 1.165) is 0 Å². The summed E-state index contributed by atoms with van der Waals surface area (Å²) in [6.07, 6.45) is 1.66. The number of ether oxygens (including phenoxy) is 1. The van der Waals surface area contributed by atoms with Crippen molar-refractivity contribution in [3.8, 4) is 0 Å². The number of hydrogen-bond acceptors (Lipinski definition) is 2. The van der Waals surface area contributed by atoms with Gasteiger partial charge in [0.05, 0.1) is 6.61 Å². The van der Waals surface area contributed by atoms with Crippen LogP contribution in [-0.4, -0.2) is 37.6 Å². The van der Waals surface area contributed by atoms with E-state index in [0.29, 0.717) is 30.8 Å².